The van der Waals surface area contributed by atoms with Crippen molar-refractivity contribution in [3.8, 4) is 11.8 Å². The lowest BCUT2D eigenvalue weighted by Gasteiger charge is -2.08. The summed E-state index contributed by atoms with van der Waals surface area (Å²) in [6.07, 6.45) is 0. The van der Waals surface area contributed by atoms with Gasteiger partial charge in [-0.15, -0.1) is 0 Å². The highest BCUT2D eigenvalue weighted by atomic mass is 35.5. The topological polar surface area (TPSA) is 56.0 Å². The number of nitrogens with zero attached hydrogens (tertiary/aromatic N) is 1. The Morgan fingerprint density at radius 2 is 2.05 bits per heavy atom. The summed E-state index contributed by atoms with van der Waals surface area (Å²) in [5, 5.41) is 21.4. The maximum atomic E-state index is 13.1. The fourth-order valence-corrected chi connectivity index (χ4v) is 1.75. The summed E-state index contributed by atoms with van der Waals surface area (Å²) >= 11 is 5.82. The molecule has 0 saturated carbocycles. The summed E-state index contributed by atoms with van der Waals surface area (Å²) in [5.41, 5.74) is 1.78. The van der Waals surface area contributed by atoms with Gasteiger partial charge < -0.3 is 10.4 Å². The van der Waals surface area contributed by atoms with Gasteiger partial charge in [-0.25, -0.2) is 4.39 Å². The molecule has 0 saturated heterocycles. The van der Waals surface area contributed by atoms with Crippen molar-refractivity contribution < 1.29 is 9.50 Å². The minimum atomic E-state index is -0.659. The van der Waals surface area contributed by atoms with Crippen molar-refractivity contribution in [3.63, 3.8) is 0 Å². The lowest BCUT2D eigenvalue weighted by atomic mass is 10.2. The SMILES string of the molecule is N#Cc1cc(NCc2ccc(O)c(F)c2)ccc1Cl. The third-order valence-corrected chi connectivity index (χ3v) is 2.93. The second kappa shape index (κ2) is 5.59. The van der Waals surface area contributed by atoms with Crippen molar-refractivity contribution in [2.75, 3.05) is 5.32 Å². The molecule has 0 aliphatic carbocycles. The minimum Gasteiger partial charge on any atom is -0.505 e. The Morgan fingerprint density at radius 3 is 2.74 bits per heavy atom. The molecule has 0 radical (unpaired) electrons. The molecule has 0 bridgehead atoms. The van der Waals surface area contributed by atoms with Crippen LogP contribution in [0.2, 0.25) is 5.02 Å². The van der Waals surface area contributed by atoms with Gasteiger partial charge >= 0.3 is 0 Å². The highest BCUT2D eigenvalue weighted by Crippen LogP contribution is 2.21. The van der Waals surface area contributed by atoms with Crippen LogP contribution in [0.1, 0.15) is 11.1 Å². The van der Waals surface area contributed by atoms with Crippen LogP contribution < -0.4 is 5.32 Å². The van der Waals surface area contributed by atoms with E-state index in [0.717, 1.165) is 5.69 Å². The van der Waals surface area contributed by atoms with Crippen molar-refractivity contribution >= 4 is 17.3 Å². The smallest absolute Gasteiger partial charge is 0.165 e. The first-order valence-electron chi connectivity index (χ1n) is 5.51. The van der Waals surface area contributed by atoms with Crippen LogP contribution in [0.15, 0.2) is 36.4 Å². The number of hydrogen-bond donors (Lipinski definition) is 2. The van der Waals surface area contributed by atoms with E-state index in [1.165, 1.54) is 12.1 Å². The van der Waals surface area contributed by atoms with Crippen molar-refractivity contribution in [1.29, 1.82) is 5.26 Å². The van der Waals surface area contributed by atoms with E-state index in [2.05, 4.69) is 5.32 Å². The van der Waals surface area contributed by atoms with Gasteiger partial charge in [0.1, 0.15) is 6.07 Å². The molecular formula is C14H10ClFN2O. The van der Waals surface area contributed by atoms with Gasteiger partial charge in [0.25, 0.3) is 0 Å². The van der Waals surface area contributed by atoms with Gasteiger partial charge in [0.05, 0.1) is 10.6 Å². The molecule has 0 fully saturated rings. The largest absolute Gasteiger partial charge is 0.505 e. The van der Waals surface area contributed by atoms with Gasteiger partial charge in [0.15, 0.2) is 11.6 Å². The Morgan fingerprint density at radius 1 is 1.26 bits per heavy atom. The molecule has 0 aromatic heterocycles. The first-order valence-corrected chi connectivity index (χ1v) is 5.89. The van der Waals surface area contributed by atoms with E-state index in [1.54, 1.807) is 24.3 Å². The zero-order valence-electron chi connectivity index (χ0n) is 9.82. The maximum absolute atomic E-state index is 13.1. The molecule has 2 aromatic carbocycles. The van der Waals surface area contributed by atoms with Gasteiger partial charge in [-0.2, -0.15) is 5.26 Å². The lowest BCUT2D eigenvalue weighted by Crippen LogP contribution is -2.00. The van der Waals surface area contributed by atoms with Crippen LogP contribution in [0.4, 0.5) is 10.1 Å². The van der Waals surface area contributed by atoms with Gasteiger partial charge in [-0.05, 0) is 35.9 Å². The third-order valence-electron chi connectivity index (χ3n) is 2.60. The Balaban J connectivity index is 2.10. The molecule has 3 nitrogen and oxygen atoms in total. The summed E-state index contributed by atoms with van der Waals surface area (Å²) in [5.74, 6) is -1.03. The zero-order chi connectivity index (χ0) is 13.8. The normalized spacial score (nSPS) is 9.95. The van der Waals surface area contributed by atoms with Crippen LogP contribution in [0, 0.1) is 17.1 Å². The number of phenols is 1. The Bertz CT molecular complexity index is 652. The summed E-state index contributed by atoms with van der Waals surface area (Å²) < 4.78 is 13.1. The van der Waals surface area contributed by atoms with Crippen LogP contribution in [0.3, 0.4) is 0 Å². The molecule has 2 rings (SSSR count). The van der Waals surface area contributed by atoms with E-state index in [0.29, 0.717) is 22.7 Å². The van der Waals surface area contributed by atoms with E-state index >= 15 is 0 Å². The number of hydrogen-bond acceptors (Lipinski definition) is 3. The molecule has 0 amide bonds. The van der Waals surface area contributed by atoms with Gasteiger partial charge in [0.2, 0.25) is 0 Å². The summed E-state index contributed by atoms with van der Waals surface area (Å²) in [7, 11) is 0. The van der Waals surface area contributed by atoms with Crippen LogP contribution in [0.5, 0.6) is 5.75 Å². The fourth-order valence-electron chi connectivity index (χ4n) is 1.59. The monoisotopic (exact) mass is 276 g/mol. The number of rotatable bonds is 3. The molecule has 0 aliphatic heterocycles. The summed E-state index contributed by atoms with van der Waals surface area (Å²) in [6.45, 7) is 0.379. The van der Waals surface area contributed by atoms with E-state index in [-0.39, 0.29) is 5.75 Å². The van der Waals surface area contributed by atoms with Crippen LogP contribution in [-0.4, -0.2) is 5.11 Å². The second-order valence-corrected chi connectivity index (χ2v) is 4.35. The van der Waals surface area contributed by atoms with Crippen molar-refractivity contribution in [2.45, 2.75) is 6.54 Å². The predicted molar refractivity (Wildman–Crippen MR) is 71.6 cm³/mol. The van der Waals surface area contributed by atoms with Gasteiger partial charge in [-0.3, -0.25) is 0 Å². The Hall–Kier alpha value is -2.25. The predicted octanol–water partition coefficient (Wildman–Crippen LogP) is 3.67. The number of benzene rings is 2. The summed E-state index contributed by atoms with van der Waals surface area (Å²) in [6, 6.07) is 11.1. The zero-order valence-corrected chi connectivity index (χ0v) is 10.6. The van der Waals surface area contributed by atoms with Crippen molar-refractivity contribution in [3.05, 3.63) is 58.4 Å². The number of halogens is 2. The standard InChI is InChI=1S/C14H10ClFN2O/c15-12-3-2-11(6-10(12)7-17)18-8-9-1-4-14(19)13(16)5-9/h1-6,18-19H,8H2. The average molecular weight is 277 g/mol. The van der Waals surface area contributed by atoms with Crippen molar-refractivity contribution in [2.24, 2.45) is 0 Å². The second-order valence-electron chi connectivity index (χ2n) is 3.95. The van der Waals surface area contributed by atoms with E-state index in [9.17, 15) is 4.39 Å². The Kier molecular flexibility index (Phi) is 3.88. The van der Waals surface area contributed by atoms with Crippen LogP contribution >= 0.6 is 11.6 Å². The van der Waals surface area contributed by atoms with Crippen LogP contribution in [-0.2, 0) is 6.54 Å². The summed E-state index contributed by atoms with van der Waals surface area (Å²) in [4.78, 5) is 0. The maximum Gasteiger partial charge on any atom is 0.165 e. The Labute approximate surface area is 114 Å². The molecule has 0 unspecified atom stereocenters. The number of nitriles is 1. The molecule has 19 heavy (non-hydrogen) atoms. The molecular weight excluding hydrogens is 267 g/mol. The molecule has 5 heteroatoms. The first kappa shape index (κ1) is 13.2. The first-order chi connectivity index (χ1) is 9.10. The molecule has 0 aliphatic rings. The highest BCUT2D eigenvalue weighted by molar-refractivity contribution is 6.31. The lowest BCUT2D eigenvalue weighted by molar-refractivity contribution is 0.432. The third kappa shape index (κ3) is 3.15. The molecule has 0 spiro atoms. The number of nitrogens with one attached hydrogen (secondary N) is 1. The van der Waals surface area contributed by atoms with Crippen LogP contribution in [0.25, 0.3) is 0 Å². The minimum absolute atomic E-state index is 0.373. The molecule has 2 aromatic rings. The molecule has 0 heterocycles. The number of phenolic OH excluding ortho intramolecular Hbond substituents is 1. The fraction of sp³-hybridized carbons (Fsp3) is 0.0714. The molecule has 96 valence electrons. The van der Waals surface area contributed by atoms with E-state index in [1.807, 2.05) is 6.07 Å². The van der Waals surface area contributed by atoms with Crippen molar-refractivity contribution in [1.82, 2.24) is 0 Å². The average Bonchev–Trinajstić information content (AvgIpc) is 2.41. The molecule has 2 N–H and O–H groups in total. The number of aromatic hydroxyl groups is 1. The van der Waals surface area contributed by atoms with Gasteiger partial charge in [0, 0.05) is 12.2 Å². The van der Waals surface area contributed by atoms with E-state index < -0.39 is 5.82 Å². The van der Waals surface area contributed by atoms with E-state index in [4.69, 9.17) is 22.0 Å². The highest BCUT2D eigenvalue weighted by Gasteiger charge is 2.03. The quantitative estimate of drug-likeness (QED) is 0.899. The molecule has 0 atom stereocenters. The number of anilines is 1. The van der Waals surface area contributed by atoms with Gasteiger partial charge in [-0.1, -0.05) is 17.7 Å².